The molecule has 2 aromatic heterocycles. The van der Waals surface area contributed by atoms with Gasteiger partial charge in [-0.25, -0.2) is 8.78 Å². The SMILES string of the molecule is Fc1ccc(-c2[nH]ncc2CN2CCC(c3ccncc3)CC2)c(F)c1. The molecule has 0 bridgehead atoms. The first kappa shape index (κ1) is 16.8. The van der Waals surface area contributed by atoms with Gasteiger partial charge < -0.3 is 0 Å². The predicted molar refractivity (Wildman–Crippen MR) is 95.4 cm³/mol. The van der Waals surface area contributed by atoms with E-state index in [1.54, 1.807) is 6.20 Å². The number of likely N-dealkylation sites (tertiary alicyclic amines) is 1. The first-order chi connectivity index (χ1) is 12.7. The van der Waals surface area contributed by atoms with Gasteiger partial charge in [0.05, 0.1) is 11.9 Å². The molecular weight excluding hydrogens is 334 g/mol. The minimum Gasteiger partial charge on any atom is -0.299 e. The topological polar surface area (TPSA) is 44.8 Å². The number of H-pyrrole nitrogens is 1. The fourth-order valence-electron chi connectivity index (χ4n) is 3.66. The summed E-state index contributed by atoms with van der Waals surface area (Å²) in [7, 11) is 0. The Morgan fingerprint density at radius 3 is 2.58 bits per heavy atom. The highest BCUT2D eigenvalue weighted by atomic mass is 19.1. The normalized spacial score (nSPS) is 16.1. The van der Waals surface area contributed by atoms with Gasteiger partial charge in [0.2, 0.25) is 0 Å². The maximum absolute atomic E-state index is 14.1. The lowest BCUT2D eigenvalue weighted by Gasteiger charge is -2.32. The number of rotatable bonds is 4. The van der Waals surface area contributed by atoms with E-state index < -0.39 is 11.6 Å². The number of aromatic nitrogens is 3. The van der Waals surface area contributed by atoms with E-state index in [0.717, 1.165) is 37.6 Å². The monoisotopic (exact) mass is 354 g/mol. The largest absolute Gasteiger partial charge is 0.299 e. The van der Waals surface area contributed by atoms with E-state index in [4.69, 9.17) is 0 Å². The average molecular weight is 354 g/mol. The summed E-state index contributed by atoms with van der Waals surface area (Å²) in [5, 5.41) is 6.93. The van der Waals surface area contributed by atoms with Crippen molar-refractivity contribution in [2.45, 2.75) is 25.3 Å². The third kappa shape index (κ3) is 3.51. The molecule has 1 saturated heterocycles. The molecule has 0 amide bonds. The molecule has 3 aromatic rings. The van der Waals surface area contributed by atoms with Crippen LogP contribution in [0.4, 0.5) is 8.78 Å². The van der Waals surface area contributed by atoms with Crippen LogP contribution >= 0.6 is 0 Å². The van der Waals surface area contributed by atoms with Crippen LogP contribution in [-0.4, -0.2) is 33.2 Å². The molecule has 4 nitrogen and oxygen atoms in total. The summed E-state index contributed by atoms with van der Waals surface area (Å²) in [6.07, 6.45) is 7.59. The number of nitrogens with one attached hydrogen (secondary N) is 1. The van der Waals surface area contributed by atoms with Crippen molar-refractivity contribution in [3.05, 3.63) is 71.7 Å². The van der Waals surface area contributed by atoms with Crippen LogP contribution in [0.2, 0.25) is 0 Å². The van der Waals surface area contributed by atoms with Crippen molar-refractivity contribution in [2.24, 2.45) is 0 Å². The Hall–Kier alpha value is -2.60. The van der Waals surface area contributed by atoms with Gasteiger partial charge in [0.15, 0.2) is 0 Å². The number of benzene rings is 1. The third-order valence-corrected chi connectivity index (χ3v) is 5.08. The van der Waals surface area contributed by atoms with Crippen molar-refractivity contribution < 1.29 is 8.78 Å². The second kappa shape index (κ2) is 7.33. The second-order valence-electron chi connectivity index (χ2n) is 6.73. The van der Waals surface area contributed by atoms with Gasteiger partial charge in [0, 0.05) is 36.1 Å². The fraction of sp³-hybridized carbons (Fsp3) is 0.300. The Labute approximate surface area is 150 Å². The lowest BCUT2D eigenvalue weighted by molar-refractivity contribution is 0.205. The molecule has 0 aliphatic carbocycles. The number of hydrogen-bond donors (Lipinski definition) is 1. The third-order valence-electron chi connectivity index (χ3n) is 5.08. The maximum atomic E-state index is 14.1. The number of hydrogen-bond acceptors (Lipinski definition) is 3. The van der Waals surface area contributed by atoms with Crippen molar-refractivity contribution >= 4 is 0 Å². The molecule has 0 atom stereocenters. The number of aromatic amines is 1. The maximum Gasteiger partial charge on any atom is 0.135 e. The molecule has 4 rings (SSSR count). The molecule has 0 radical (unpaired) electrons. The molecule has 0 spiro atoms. The van der Waals surface area contributed by atoms with Gasteiger partial charge in [-0.2, -0.15) is 5.10 Å². The molecule has 134 valence electrons. The summed E-state index contributed by atoms with van der Waals surface area (Å²) in [5.41, 5.74) is 3.25. The Morgan fingerprint density at radius 2 is 1.85 bits per heavy atom. The van der Waals surface area contributed by atoms with E-state index in [9.17, 15) is 8.78 Å². The van der Waals surface area contributed by atoms with Gasteiger partial charge in [0.25, 0.3) is 0 Å². The lowest BCUT2D eigenvalue weighted by Crippen LogP contribution is -2.32. The Bertz CT molecular complexity index is 871. The van der Waals surface area contributed by atoms with Crippen LogP contribution in [0.1, 0.15) is 29.9 Å². The van der Waals surface area contributed by atoms with Crippen molar-refractivity contribution in [1.82, 2.24) is 20.1 Å². The molecule has 1 aliphatic rings. The van der Waals surface area contributed by atoms with Gasteiger partial charge in [-0.1, -0.05) is 0 Å². The highest BCUT2D eigenvalue weighted by Crippen LogP contribution is 2.30. The zero-order valence-electron chi connectivity index (χ0n) is 14.3. The van der Waals surface area contributed by atoms with E-state index in [-0.39, 0.29) is 0 Å². The smallest absolute Gasteiger partial charge is 0.135 e. The van der Waals surface area contributed by atoms with E-state index in [0.29, 0.717) is 23.7 Å². The summed E-state index contributed by atoms with van der Waals surface area (Å²) < 4.78 is 27.3. The van der Waals surface area contributed by atoms with E-state index in [2.05, 4.69) is 32.2 Å². The van der Waals surface area contributed by atoms with Crippen LogP contribution in [0, 0.1) is 11.6 Å². The average Bonchev–Trinajstić information content (AvgIpc) is 3.11. The van der Waals surface area contributed by atoms with Crippen LogP contribution < -0.4 is 0 Å². The molecule has 6 heteroatoms. The summed E-state index contributed by atoms with van der Waals surface area (Å²) in [5.74, 6) is -0.593. The van der Waals surface area contributed by atoms with Gasteiger partial charge in [0.1, 0.15) is 11.6 Å². The first-order valence-electron chi connectivity index (χ1n) is 8.80. The highest BCUT2D eigenvalue weighted by molar-refractivity contribution is 5.63. The van der Waals surface area contributed by atoms with Crippen LogP contribution in [-0.2, 0) is 6.54 Å². The standard InChI is InChI=1S/C20H20F2N4/c21-17-1-2-18(19(22)11-17)20-16(12-24-25-20)13-26-9-5-15(6-10-26)14-3-7-23-8-4-14/h1-4,7-8,11-12,15H,5-6,9-10,13H2,(H,24,25). The van der Waals surface area contributed by atoms with Crippen LogP contribution in [0.25, 0.3) is 11.3 Å². The molecule has 26 heavy (non-hydrogen) atoms. The minimum atomic E-state index is -0.578. The van der Waals surface area contributed by atoms with E-state index in [1.807, 2.05) is 12.4 Å². The van der Waals surface area contributed by atoms with Crippen LogP contribution in [0.3, 0.4) is 0 Å². The molecule has 1 aromatic carbocycles. The second-order valence-corrected chi connectivity index (χ2v) is 6.73. The van der Waals surface area contributed by atoms with Crippen molar-refractivity contribution in [3.63, 3.8) is 0 Å². The van der Waals surface area contributed by atoms with Gasteiger partial charge in [-0.05, 0) is 61.7 Å². The highest BCUT2D eigenvalue weighted by Gasteiger charge is 2.22. The minimum absolute atomic E-state index is 0.352. The van der Waals surface area contributed by atoms with Gasteiger partial charge in [-0.3, -0.25) is 15.0 Å². The zero-order valence-corrected chi connectivity index (χ0v) is 14.3. The van der Waals surface area contributed by atoms with Crippen molar-refractivity contribution in [2.75, 3.05) is 13.1 Å². The molecule has 1 N–H and O–H groups in total. The molecule has 0 saturated carbocycles. The Kier molecular flexibility index (Phi) is 4.75. The fourth-order valence-corrected chi connectivity index (χ4v) is 3.66. The summed E-state index contributed by atoms with van der Waals surface area (Å²) in [6, 6.07) is 7.80. The predicted octanol–water partition coefficient (Wildman–Crippen LogP) is 4.13. The summed E-state index contributed by atoms with van der Waals surface area (Å²) >= 11 is 0. The molecule has 3 heterocycles. The number of piperidine rings is 1. The van der Waals surface area contributed by atoms with Crippen molar-refractivity contribution in [1.29, 1.82) is 0 Å². The molecular formula is C20H20F2N4. The Morgan fingerprint density at radius 1 is 1.08 bits per heavy atom. The van der Waals surface area contributed by atoms with Crippen LogP contribution in [0.15, 0.2) is 48.9 Å². The quantitative estimate of drug-likeness (QED) is 0.766. The summed E-state index contributed by atoms with van der Waals surface area (Å²) in [6.45, 7) is 2.65. The van der Waals surface area contributed by atoms with Gasteiger partial charge in [-0.15, -0.1) is 0 Å². The molecule has 1 aliphatic heterocycles. The molecule has 0 unspecified atom stereocenters. The first-order valence-corrected chi connectivity index (χ1v) is 8.80. The van der Waals surface area contributed by atoms with E-state index >= 15 is 0 Å². The number of halogens is 2. The van der Waals surface area contributed by atoms with Gasteiger partial charge >= 0.3 is 0 Å². The number of nitrogens with zero attached hydrogens (tertiary/aromatic N) is 3. The van der Waals surface area contributed by atoms with Crippen LogP contribution in [0.5, 0.6) is 0 Å². The molecule has 1 fully saturated rings. The zero-order chi connectivity index (χ0) is 17.9. The lowest BCUT2D eigenvalue weighted by atomic mass is 9.90. The van der Waals surface area contributed by atoms with Crippen molar-refractivity contribution in [3.8, 4) is 11.3 Å². The van der Waals surface area contributed by atoms with E-state index in [1.165, 1.54) is 17.7 Å². The number of pyridine rings is 1. The Balaban J connectivity index is 1.44. The summed E-state index contributed by atoms with van der Waals surface area (Å²) in [4.78, 5) is 6.44.